The molecule has 0 aliphatic carbocycles. The van der Waals surface area contributed by atoms with Crippen LogP contribution in [0.2, 0.25) is 0 Å². The van der Waals surface area contributed by atoms with Crippen molar-refractivity contribution < 1.29 is 14.6 Å². The first kappa shape index (κ1) is 13.7. The normalized spacial score (nSPS) is 12.6. The van der Waals surface area contributed by atoms with Gasteiger partial charge in [-0.15, -0.1) is 0 Å². The maximum atomic E-state index is 10.5. The second-order valence-corrected chi connectivity index (χ2v) is 4.12. The lowest BCUT2D eigenvalue weighted by Crippen LogP contribution is -2.10. The molecule has 4 heteroatoms. The van der Waals surface area contributed by atoms with Crippen molar-refractivity contribution in [2.24, 2.45) is 0 Å². The van der Waals surface area contributed by atoms with E-state index in [0.29, 0.717) is 0 Å². The smallest absolute Gasteiger partial charge is 0.183 e. The fourth-order valence-corrected chi connectivity index (χ4v) is 2.04. The van der Waals surface area contributed by atoms with Crippen molar-refractivity contribution in [3.63, 3.8) is 0 Å². The predicted molar refractivity (Wildman–Crippen MR) is 71.5 cm³/mol. The van der Waals surface area contributed by atoms with E-state index in [1.807, 2.05) is 30.3 Å². The fourth-order valence-electron chi connectivity index (χ4n) is 2.04. The number of aliphatic hydroxyl groups is 1. The van der Waals surface area contributed by atoms with Gasteiger partial charge in [-0.2, -0.15) is 0 Å². The van der Waals surface area contributed by atoms with Crippen LogP contribution in [0, 0.1) is 0 Å². The number of aliphatic hydroxyl groups excluding tert-OH is 1. The van der Waals surface area contributed by atoms with E-state index in [1.54, 1.807) is 32.7 Å². The maximum Gasteiger partial charge on any atom is 0.183 e. The van der Waals surface area contributed by atoms with Gasteiger partial charge in [-0.25, -0.2) is 0 Å². The average Bonchev–Trinajstić information content (AvgIpc) is 2.49. The highest BCUT2D eigenvalue weighted by atomic mass is 16.7. The molecular formula is C15H17NO3. The SMILES string of the molecule is COC(OC)c1ccccc1C(O)c1cccnc1. The van der Waals surface area contributed by atoms with E-state index in [2.05, 4.69) is 4.98 Å². The van der Waals surface area contributed by atoms with Crippen LogP contribution in [0.4, 0.5) is 0 Å². The Balaban J connectivity index is 2.39. The molecule has 0 aliphatic heterocycles. The summed E-state index contributed by atoms with van der Waals surface area (Å²) in [5.74, 6) is 0. The molecule has 1 atom stereocenters. The number of aromatic nitrogens is 1. The van der Waals surface area contributed by atoms with Gasteiger partial charge in [0.25, 0.3) is 0 Å². The number of hydrogen-bond acceptors (Lipinski definition) is 4. The summed E-state index contributed by atoms with van der Waals surface area (Å²) in [6.45, 7) is 0. The molecule has 0 bridgehead atoms. The Kier molecular flexibility index (Phi) is 4.63. The molecule has 1 unspecified atom stereocenters. The lowest BCUT2D eigenvalue weighted by atomic mass is 9.97. The van der Waals surface area contributed by atoms with Gasteiger partial charge < -0.3 is 14.6 Å². The van der Waals surface area contributed by atoms with Crippen molar-refractivity contribution >= 4 is 0 Å². The lowest BCUT2D eigenvalue weighted by molar-refractivity contribution is -0.107. The second-order valence-electron chi connectivity index (χ2n) is 4.12. The van der Waals surface area contributed by atoms with Crippen LogP contribution < -0.4 is 0 Å². The molecule has 0 saturated carbocycles. The molecule has 0 amide bonds. The minimum absolute atomic E-state index is 0.498. The summed E-state index contributed by atoms with van der Waals surface area (Å²) >= 11 is 0. The first-order valence-electron chi connectivity index (χ1n) is 6.00. The summed E-state index contributed by atoms with van der Waals surface area (Å²) in [6.07, 6.45) is 2.07. The molecule has 1 N–H and O–H groups in total. The monoisotopic (exact) mass is 259 g/mol. The minimum Gasteiger partial charge on any atom is -0.384 e. The molecule has 1 heterocycles. The Labute approximate surface area is 112 Å². The Morgan fingerprint density at radius 3 is 2.26 bits per heavy atom. The third kappa shape index (κ3) is 2.98. The maximum absolute atomic E-state index is 10.5. The first-order valence-corrected chi connectivity index (χ1v) is 6.00. The number of hydrogen-bond donors (Lipinski definition) is 1. The Hall–Kier alpha value is -1.75. The van der Waals surface area contributed by atoms with E-state index < -0.39 is 12.4 Å². The number of ether oxygens (including phenoxy) is 2. The van der Waals surface area contributed by atoms with Crippen LogP contribution in [0.5, 0.6) is 0 Å². The van der Waals surface area contributed by atoms with Gasteiger partial charge >= 0.3 is 0 Å². The highest BCUT2D eigenvalue weighted by molar-refractivity contribution is 5.35. The molecule has 0 aliphatic rings. The summed E-state index contributed by atoms with van der Waals surface area (Å²) in [6, 6.07) is 11.1. The predicted octanol–water partition coefficient (Wildman–Crippen LogP) is 2.45. The topological polar surface area (TPSA) is 51.6 Å². The van der Waals surface area contributed by atoms with E-state index in [-0.39, 0.29) is 0 Å². The zero-order valence-electron chi connectivity index (χ0n) is 11.0. The standard InChI is InChI=1S/C15H17NO3/c1-18-15(19-2)13-8-4-3-7-12(13)14(17)11-6-5-9-16-10-11/h3-10,14-15,17H,1-2H3. The number of pyridine rings is 1. The zero-order chi connectivity index (χ0) is 13.7. The molecule has 0 spiro atoms. The van der Waals surface area contributed by atoms with Gasteiger partial charge in [-0.3, -0.25) is 4.98 Å². The van der Waals surface area contributed by atoms with Gasteiger partial charge in [-0.1, -0.05) is 30.3 Å². The molecule has 0 fully saturated rings. The Morgan fingerprint density at radius 2 is 1.68 bits per heavy atom. The van der Waals surface area contributed by atoms with Crippen molar-refractivity contribution in [3.05, 3.63) is 65.5 Å². The fraction of sp³-hybridized carbons (Fsp3) is 0.267. The molecular weight excluding hydrogens is 242 g/mol. The van der Waals surface area contributed by atoms with E-state index in [0.717, 1.165) is 16.7 Å². The van der Waals surface area contributed by atoms with Crippen molar-refractivity contribution in [3.8, 4) is 0 Å². The van der Waals surface area contributed by atoms with Crippen LogP contribution >= 0.6 is 0 Å². The molecule has 19 heavy (non-hydrogen) atoms. The Bertz CT molecular complexity index is 512. The molecule has 4 nitrogen and oxygen atoms in total. The van der Waals surface area contributed by atoms with Crippen LogP contribution in [0.1, 0.15) is 29.1 Å². The average molecular weight is 259 g/mol. The third-order valence-electron chi connectivity index (χ3n) is 2.97. The minimum atomic E-state index is -0.752. The van der Waals surface area contributed by atoms with Gasteiger partial charge in [0, 0.05) is 37.7 Å². The van der Waals surface area contributed by atoms with Gasteiger partial charge in [0.2, 0.25) is 0 Å². The number of methoxy groups -OCH3 is 2. The van der Waals surface area contributed by atoms with Crippen LogP contribution in [0.25, 0.3) is 0 Å². The van der Waals surface area contributed by atoms with Gasteiger partial charge in [-0.05, 0) is 11.6 Å². The van der Waals surface area contributed by atoms with Crippen LogP contribution in [0.15, 0.2) is 48.8 Å². The second kappa shape index (κ2) is 6.43. The van der Waals surface area contributed by atoms with Crippen LogP contribution in [0.3, 0.4) is 0 Å². The van der Waals surface area contributed by atoms with Crippen molar-refractivity contribution in [2.45, 2.75) is 12.4 Å². The van der Waals surface area contributed by atoms with Gasteiger partial charge in [0.1, 0.15) is 6.10 Å². The molecule has 2 rings (SSSR count). The van der Waals surface area contributed by atoms with E-state index in [9.17, 15) is 5.11 Å². The molecule has 2 aromatic rings. The summed E-state index contributed by atoms with van der Waals surface area (Å²) in [7, 11) is 3.14. The van der Waals surface area contributed by atoms with Gasteiger partial charge in [0.05, 0.1) is 0 Å². The lowest BCUT2D eigenvalue weighted by Gasteiger charge is -2.20. The van der Waals surface area contributed by atoms with Crippen LogP contribution in [-0.4, -0.2) is 24.3 Å². The highest BCUT2D eigenvalue weighted by Gasteiger charge is 2.19. The van der Waals surface area contributed by atoms with Crippen LogP contribution in [-0.2, 0) is 9.47 Å². The summed E-state index contributed by atoms with van der Waals surface area (Å²) < 4.78 is 10.5. The molecule has 100 valence electrons. The molecule has 1 aromatic heterocycles. The third-order valence-corrected chi connectivity index (χ3v) is 2.97. The molecule has 0 radical (unpaired) electrons. The quantitative estimate of drug-likeness (QED) is 0.838. The van der Waals surface area contributed by atoms with Crippen molar-refractivity contribution in [1.82, 2.24) is 4.98 Å². The Morgan fingerprint density at radius 1 is 1.00 bits per heavy atom. The van der Waals surface area contributed by atoms with Crippen molar-refractivity contribution in [1.29, 1.82) is 0 Å². The molecule has 1 aromatic carbocycles. The number of benzene rings is 1. The first-order chi connectivity index (χ1) is 9.27. The summed E-state index contributed by atoms with van der Waals surface area (Å²) in [4.78, 5) is 4.02. The highest BCUT2D eigenvalue weighted by Crippen LogP contribution is 2.29. The molecule has 0 saturated heterocycles. The largest absolute Gasteiger partial charge is 0.384 e. The zero-order valence-corrected chi connectivity index (χ0v) is 11.0. The van der Waals surface area contributed by atoms with E-state index >= 15 is 0 Å². The summed E-state index contributed by atoms with van der Waals surface area (Å²) in [5, 5.41) is 10.5. The number of rotatable bonds is 5. The van der Waals surface area contributed by atoms with E-state index in [1.165, 1.54) is 0 Å². The van der Waals surface area contributed by atoms with E-state index in [4.69, 9.17) is 9.47 Å². The summed E-state index contributed by atoms with van der Waals surface area (Å²) in [5.41, 5.74) is 2.30. The van der Waals surface area contributed by atoms with Crippen molar-refractivity contribution in [2.75, 3.05) is 14.2 Å². The van der Waals surface area contributed by atoms with Gasteiger partial charge in [0.15, 0.2) is 6.29 Å². The number of nitrogens with zero attached hydrogens (tertiary/aromatic N) is 1.